The second-order valence-electron chi connectivity index (χ2n) is 4.87. The molecule has 106 valence electrons. The number of rotatable bonds is 4. The van der Waals surface area contributed by atoms with E-state index in [1.165, 1.54) is 0 Å². The lowest BCUT2D eigenvalue weighted by Gasteiger charge is -2.34. The van der Waals surface area contributed by atoms with Crippen LogP contribution in [0.3, 0.4) is 0 Å². The second kappa shape index (κ2) is 6.41. The zero-order valence-corrected chi connectivity index (χ0v) is 10.9. The molecule has 2 atom stereocenters. The summed E-state index contributed by atoms with van der Waals surface area (Å²) in [5, 5.41) is 3.14. The van der Waals surface area contributed by atoms with Crippen LogP contribution < -0.4 is 5.32 Å². The Kier molecular flexibility index (Phi) is 5.44. The summed E-state index contributed by atoms with van der Waals surface area (Å²) in [6, 6.07) is -0.0427. The number of amides is 1. The predicted octanol–water partition coefficient (Wildman–Crippen LogP) is 2.18. The molecular weight excluding hydrogens is 245 g/mol. The lowest BCUT2D eigenvalue weighted by Crippen LogP contribution is -2.50. The highest BCUT2D eigenvalue weighted by atomic mass is 19.4. The molecule has 0 saturated carbocycles. The first-order valence-electron chi connectivity index (χ1n) is 6.44. The van der Waals surface area contributed by atoms with Gasteiger partial charge in [0, 0.05) is 12.6 Å². The zero-order valence-electron chi connectivity index (χ0n) is 10.9. The average molecular weight is 266 g/mol. The highest BCUT2D eigenvalue weighted by Gasteiger charge is 2.37. The zero-order chi connectivity index (χ0) is 13.8. The Morgan fingerprint density at radius 2 is 2.11 bits per heavy atom. The topological polar surface area (TPSA) is 32.3 Å². The first-order chi connectivity index (χ1) is 8.35. The number of carbonyl (C=O) groups is 1. The Bertz CT molecular complexity index is 281. The van der Waals surface area contributed by atoms with Crippen LogP contribution in [0, 0.1) is 5.92 Å². The maximum Gasteiger partial charge on any atom is 0.406 e. The van der Waals surface area contributed by atoms with E-state index in [4.69, 9.17) is 0 Å². The van der Waals surface area contributed by atoms with Gasteiger partial charge in [-0.25, -0.2) is 0 Å². The van der Waals surface area contributed by atoms with Crippen LogP contribution in [-0.2, 0) is 4.79 Å². The minimum absolute atomic E-state index is 0.0427. The van der Waals surface area contributed by atoms with Gasteiger partial charge in [0.05, 0.1) is 5.92 Å². The van der Waals surface area contributed by atoms with Gasteiger partial charge in [-0.3, -0.25) is 4.79 Å². The van der Waals surface area contributed by atoms with E-state index in [1.54, 1.807) is 6.92 Å². The van der Waals surface area contributed by atoms with Crippen LogP contribution in [0.1, 0.15) is 33.1 Å². The van der Waals surface area contributed by atoms with E-state index in [0.29, 0.717) is 12.8 Å². The average Bonchev–Trinajstić information content (AvgIpc) is 2.26. The van der Waals surface area contributed by atoms with Crippen molar-refractivity contribution in [2.75, 3.05) is 19.6 Å². The van der Waals surface area contributed by atoms with E-state index < -0.39 is 12.7 Å². The van der Waals surface area contributed by atoms with Crippen molar-refractivity contribution in [1.29, 1.82) is 0 Å². The van der Waals surface area contributed by atoms with E-state index in [9.17, 15) is 18.0 Å². The molecule has 1 N–H and O–H groups in total. The molecule has 0 aromatic rings. The van der Waals surface area contributed by atoms with Gasteiger partial charge in [-0.05, 0) is 32.7 Å². The van der Waals surface area contributed by atoms with Crippen molar-refractivity contribution in [3.8, 4) is 0 Å². The van der Waals surface area contributed by atoms with Crippen LogP contribution in [0.25, 0.3) is 0 Å². The van der Waals surface area contributed by atoms with E-state index in [1.807, 2.05) is 6.92 Å². The smallest absolute Gasteiger partial charge is 0.333 e. The fraction of sp³-hybridized carbons (Fsp3) is 0.917. The van der Waals surface area contributed by atoms with Gasteiger partial charge in [-0.1, -0.05) is 6.92 Å². The van der Waals surface area contributed by atoms with Gasteiger partial charge in [0.2, 0.25) is 5.91 Å². The highest BCUT2D eigenvalue weighted by Crippen LogP contribution is 2.23. The van der Waals surface area contributed by atoms with Crippen LogP contribution in [0.2, 0.25) is 0 Å². The molecule has 0 aromatic heterocycles. The largest absolute Gasteiger partial charge is 0.406 e. The van der Waals surface area contributed by atoms with Crippen molar-refractivity contribution in [3.05, 3.63) is 0 Å². The van der Waals surface area contributed by atoms with Gasteiger partial charge in [-0.2, -0.15) is 13.2 Å². The normalized spacial score (nSPS) is 24.9. The summed E-state index contributed by atoms with van der Waals surface area (Å²) in [5.74, 6) is -0.693. The molecule has 0 radical (unpaired) electrons. The van der Waals surface area contributed by atoms with E-state index >= 15 is 0 Å². The molecule has 0 spiro atoms. The number of hydrogen-bond donors (Lipinski definition) is 1. The number of hydrogen-bond acceptors (Lipinski definition) is 2. The summed E-state index contributed by atoms with van der Waals surface area (Å²) < 4.78 is 37.3. The number of halogens is 3. The Labute approximate surface area is 106 Å². The lowest BCUT2D eigenvalue weighted by molar-refractivity contribution is -0.164. The maximum atomic E-state index is 12.4. The molecule has 0 bridgehead atoms. The van der Waals surface area contributed by atoms with Crippen molar-refractivity contribution in [3.63, 3.8) is 0 Å². The summed E-state index contributed by atoms with van der Waals surface area (Å²) in [6.07, 6.45) is -2.27. The molecule has 1 aliphatic rings. The number of carbonyl (C=O) groups excluding carboxylic acids is 1. The highest BCUT2D eigenvalue weighted by molar-refractivity contribution is 5.79. The van der Waals surface area contributed by atoms with E-state index in [2.05, 4.69) is 5.32 Å². The summed E-state index contributed by atoms with van der Waals surface area (Å²) in [7, 11) is 0. The number of nitrogens with zero attached hydrogens (tertiary/aromatic N) is 1. The van der Waals surface area contributed by atoms with Crippen molar-refractivity contribution < 1.29 is 18.0 Å². The minimum atomic E-state index is -4.32. The Hall–Kier alpha value is -0.780. The second-order valence-corrected chi connectivity index (χ2v) is 4.87. The molecule has 1 heterocycles. The Morgan fingerprint density at radius 1 is 1.44 bits per heavy atom. The molecule has 18 heavy (non-hydrogen) atoms. The molecule has 2 unspecified atom stereocenters. The van der Waals surface area contributed by atoms with Crippen molar-refractivity contribution in [2.24, 2.45) is 5.92 Å². The molecule has 3 nitrogen and oxygen atoms in total. The Morgan fingerprint density at radius 3 is 2.61 bits per heavy atom. The van der Waals surface area contributed by atoms with Gasteiger partial charge in [0.1, 0.15) is 6.54 Å². The Balaban J connectivity index is 2.68. The van der Waals surface area contributed by atoms with Gasteiger partial charge < -0.3 is 10.2 Å². The van der Waals surface area contributed by atoms with Crippen LogP contribution in [-0.4, -0.2) is 42.7 Å². The SMILES string of the molecule is CCCN(CC(F)(F)F)C(=O)C1CCCNC1C. The number of piperidine rings is 1. The van der Waals surface area contributed by atoms with Crippen molar-refractivity contribution in [2.45, 2.75) is 45.3 Å². The standard InChI is InChI=1S/C12H21F3N2O/c1-3-7-17(8-12(13,14)15)11(18)10-5-4-6-16-9(10)2/h9-10,16H,3-8H2,1-2H3. The number of alkyl halides is 3. The van der Waals surface area contributed by atoms with Gasteiger partial charge >= 0.3 is 6.18 Å². The molecule has 1 rings (SSSR count). The van der Waals surface area contributed by atoms with Gasteiger partial charge in [0.15, 0.2) is 0 Å². The summed E-state index contributed by atoms with van der Waals surface area (Å²) in [6.45, 7) is 3.50. The van der Waals surface area contributed by atoms with Crippen LogP contribution in [0.5, 0.6) is 0 Å². The molecular formula is C12H21F3N2O. The quantitative estimate of drug-likeness (QED) is 0.846. The van der Waals surface area contributed by atoms with Gasteiger partial charge in [0.25, 0.3) is 0 Å². The third kappa shape index (κ3) is 4.48. The van der Waals surface area contributed by atoms with Crippen molar-refractivity contribution >= 4 is 5.91 Å². The van der Waals surface area contributed by atoms with Gasteiger partial charge in [-0.15, -0.1) is 0 Å². The molecule has 6 heteroatoms. The molecule has 0 aromatic carbocycles. The minimum Gasteiger partial charge on any atom is -0.333 e. The maximum absolute atomic E-state index is 12.4. The molecule has 1 fully saturated rings. The van der Waals surface area contributed by atoms with Crippen molar-refractivity contribution in [1.82, 2.24) is 10.2 Å². The fourth-order valence-corrected chi connectivity index (χ4v) is 2.37. The summed E-state index contributed by atoms with van der Waals surface area (Å²) in [5.41, 5.74) is 0. The van der Waals surface area contributed by atoms with Crippen LogP contribution >= 0.6 is 0 Å². The summed E-state index contributed by atoms with van der Waals surface area (Å²) in [4.78, 5) is 13.1. The first-order valence-corrected chi connectivity index (χ1v) is 6.44. The molecule has 0 aliphatic carbocycles. The summed E-state index contributed by atoms with van der Waals surface area (Å²) >= 11 is 0. The third-order valence-electron chi connectivity index (χ3n) is 3.25. The van der Waals surface area contributed by atoms with Crippen LogP contribution in [0.4, 0.5) is 13.2 Å². The third-order valence-corrected chi connectivity index (χ3v) is 3.25. The molecule has 1 amide bonds. The predicted molar refractivity (Wildman–Crippen MR) is 63.1 cm³/mol. The van der Waals surface area contributed by atoms with E-state index in [0.717, 1.165) is 17.9 Å². The fourth-order valence-electron chi connectivity index (χ4n) is 2.37. The lowest BCUT2D eigenvalue weighted by atomic mass is 9.90. The van der Waals surface area contributed by atoms with E-state index in [-0.39, 0.29) is 24.4 Å². The molecule has 1 aliphatic heterocycles. The molecule has 1 saturated heterocycles. The number of nitrogens with one attached hydrogen (secondary N) is 1. The monoisotopic (exact) mass is 266 g/mol. The van der Waals surface area contributed by atoms with Crippen LogP contribution in [0.15, 0.2) is 0 Å². The first kappa shape index (κ1) is 15.3.